The Bertz CT molecular complexity index is 260. The monoisotopic (exact) mass is 382 g/mol. The molecule has 0 spiro atoms. The maximum Gasteiger partial charge on any atom is 0.191 e. The Labute approximate surface area is 135 Å². The highest BCUT2D eigenvalue weighted by Gasteiger charge is 2.29. The molecule has 114 valence electrons. The van der Waals surface area contributed by atoms with Crippen LogP contribution in [0.15, 0.2) is 4.99 Å². The smallest absolute Gasteiger partial charge is 0.191 e. The molecule has 1 aliphatic carbocycles. The Morgan fingerprint density at radius 3 is 2.32 bits per heavy atom. The van der Waals surface area contributed by atoms with Crippen LogP contribution in [0.3, 0.4) is 0 Å². The van der Waals surface area contributed by atoms with Gasteiger partial charge in [-0.1, -0.05) is 0 Å². The standard InChI is InChI=1S/C14H30N4.HI/c1-6-15-14(17-11(2)3)16-9-10-18(12(4)5)13-7-8-13;/h11-13H,6-10H2,1-5H3,(H2,15,16,17);1H. The Hall–Kier alpha value is -0.0400. The van der Waals surface area contributed by atoms with Gasteiger partial charge in [-0.15, -0.1) is 24.0 Å². The number of halogens is 1. The third kappa shape index (κ3) is 7.97. The molecular weight excluding hydrogens is 351 g/mol. The minimum Gasteiger partial charge on any atom is -0.357 e. The molecule has 0 atom stereocenters. The van der Waals surface area contributed by atoms with Crippen molar-refractivity contribution in [3.8, 4) is 0 Å². The van der Waals surface area contributed by atoms with Gasteiger partial charge in [0.05, 0.1) is 6.54 Å². The Morgan fingerprint density at radius 1 is 1.26 bits per heavy atom. The van der Waals surface area contributed by atoms with Gasteiger partial charge in [0.2, 0.25) is 0 Å². The van der Waals surface area contributed by atoms with Crippen molar-refractivity contribution in [2.75, 3.05) is 19.6 Å². The number of nitrogens with zero attached hydrogens (tertiary/aromatic N) is 2. The van der Waals surface area contributed by atoms with Gasteiger partial charge < -0.3 is 10.6 Å². The summed E-state index contributed by atoms with van der Waals surface area (Å²) in [6.45, 7) is 13.8. The Morgan fingerprint density at radius 2 is 1.89 bits per heavy atom. The molecule has 19 heavy (non-hydrogen) atoms. The fraction of sp³-hybridized carbons (Fsp3) is 0.929. The summed E-state index contributed by atoms with van der Waals surface area (Å²) in [4.78, 5) is 7.21. The lowest BCUT2D eigenvalue weighted by atomic mass is 10.3. The van der Waals surface area contributed by atoms with Crippen LogP contribution < -0.4 is 10.6 Å². The predicted molar refractivity (Wildman–Crippen MR) is 94.5 cm³/mol. The van der Waals surface area contributed by atoms with Gasteiger partial charge >= 0.3 is 0 Å². The summed E-state index contributed by atoms with van der Waals surface area (Å²) in [5, 5.41) is 6.63. The van der Waals surface area contributed by atoms with Crippen LogP contribution in [0.1, 0.15) is 47.5 Å². The lowest BCUT2D eigenvalue weighted by molar-refractivity contribution is 0.218. The molecule has 5 heteroatoms. The zero-order valence-corrected chi connectivity index (χ0v) is 15.4. The van der Waals surface area contributed by atoms with Crippen molar-refractivity contribution in [1.82, 2.24) is 15.5 Å². The van der Waals surface area contributed by atoms with E-state index < -0.39 is 0 Å². The molecule has 0 bridgehead atoms. The van der Waals surface area contributed by atoms with E-state index in [1.54, 1.807) is 0 Å². The van der Waals surface area contributed by atoms with Gasteiger partial charge in [0, 0.05) is 31.2 Å². The van der Waals surface area contributed by atoms with E-state index in [0.717, 1.165) is 31.6 Å². The highest BCUT2D eigenvalue weighted by molar-refractivity contribution is 14.0. The van der Waals surface area contributed by atoms with Crippen LogP contribution in [0, 0.1) is 0 Å². The van der Waals surface area contributed by atoms with Gasteiger partial charge in [0.1, 0.15) is 0 Å². The topological polar surface area (TPSA) is 39.7 Å². The maximum absolute atomic E-state index is 4.64. The molecule has 0 radical (unpaired) electrons. The lowest BCUT2D eigenvalue weighted by Crippen LogP contribution is -2.42. The first-order chi connectivity index (χ1) is 8.54. The van der Waals surface area contributed by atoms with Crippen molar-refractivity contribution in [3.63, 3.8) is 0 Å². The molecular formula is C14H31IN4. The van der Waals surface area contributed by atoms with Gasteiger partial charge in [-0.25, -0.2) is 0 Å². The minimum atomic E-state index is 0. The molecule has 0 heterocycles. The first kappa shape index (κ1) is 19.0. The largest absolute Gasteiger partial charge is 0.357 e. The average Bonchev–Trinajstić information content (AvgIpc) is 3.07. The van der Waals surface area contributed by atoms with Crippen molar-refractivity contribution in [1.29, 1.82) is 0 Å². The van der Waals surface area contributed by atoms with Crippen molar-refractivity contribution in [2.24, 2.45) is 4.99 Å². The van der Waals surface area contributed by atoms with E-state index in [1.807, 2.05) is 0 Å². The first-order valence-corrected chi connectivity index (χ1v) is 7.35. The highest BCUT2D eigenvalue weighted by atomic mass is 127. The van der Waals surface area contributed by atoms with Crippen LogP contribution in [0.25, 0.3) is 0 Å². The Kier molecular flexibility index (Phi) is 9.78. The van der Waals surface area contributed by atoms with E-state index in [9.17, 15) is 0 Å². The summed E-state index contributed by atoms with van der Waals surface area (Å²) in [5.41, 5.74) is 0. The Balaban J connectivity index is 0.00000324. The third-order valence-electron chi connectivity index (χ3n) is 3.08. The lowest BCUT2D eigenvalue weighted by Gasteiger charge is -2.25. The molecule has 1 fully saturated rings. The minimum absolute atomic E-state index is 0. The molecule has 0 aromatic carbocycles. The summed E-state index contributed by atoms with van der Waals surface area (Å²) in [6, 6.07) is 1.88. The van der Waals surface area contributed by atoms with Crippen LogP contribution in [-0.4, -0.2) is 48.6 Å². The van der Waals surface area contributed by atoms with Crippen molar-refractivity contribution in [2.45, 2.75) is 65.6 Å². The summed E-state index contributed by atoms with van der Waals surface area (Å²) in [7, 11) is 0. The fourth-order valence-corrected chi connectivity index (χ4v) is 2.14. The number of aliphatic imine (C=N–C) groups is 1. The number of guanidine groups is 1. The normalized spacial score (nSPS) is 15.9. The van der Waals surface area contributed by atoms with Crippen LogP contribution in [0.4, 0.5) is 0 Å². The SMILES string of the molecule is CCNC(=NCCN(C(C)C)C1CC1)NC(C)C.I. The van der Waals surface area contributed by atoms with E-state index >= 15 is 0 Å². The molecule has 0 aromatic rings. The van der Waals surface area contributed by atoms with Crippen molar-refractivity contribution >= 4 is 29.9 Å². The maximum atomic E-state index is 4.64. The van der Waals surface area contributed by atoms with Gasteiger partial charge in [-0.2, -0.15) is 0 Å². The molecule has 1 aliphatic rings. The second-order valence-corrected chi connectivity index (χ2v) is 5.62. The highest BCUT2D eigenvalue weighted by Crippen LogP contribution is 2.28. The number of hydrogen-bond donors (Lipinski definition) is 2. The molecule has 4 nitrogen and oxygen atoms in total. The first-order valence-electron chi connectivity index (χ1n) is 7.35. The second-order valence-electron chi connectivity index (χ2n) is 5.62. The van der Waals surface area contributed by atoms with E-state index in [2.05, 4.69) is 55.1 Å². The molecule has 1 saturated carbocycles. The molecule has 2 N–H and O–H groups in total. The predicted octanol–water partition coefficient (Wildman–Crippen LogP) is 2.44. The van der Waals surface area contributed by atoms with Gasteiger partial charge in [-0.3, -0.25) is 9.89 Å². The fourth-order valence-electron chi connectivity index (χ4n) is 2.14. The number of nitrogens with one attached hydrogen (secondary N) is 2. The van der Waals surface area contributed by atoms with Gasteiger partial charge in [0.15, 0.2) is 5.96 Å². The van der Waals surface area contributed by atoms with Gasteiger partial charge in [0.25, 0.3) is 0 Å². The molecule has 0 amide bonds. The van der Waals surface area contributed by atoms with Gasteiger partial charge in [-0.05, 0) is 47.5 Å². The number of rotatable bonds is 7. The van der Waals surface area contributed by atoms with Crippen LogP contribution in [0.5, 0.6) is 0 Å². The third-order valence-corrected chi connectivity index (χ3v) is 3.08. The average molecular weight is 382 g/mol. The zero-order chi connectivity index (χ0) is 13.5. The van der Waals surface area contributed by atoms with Crippen LogP contribution in [0.2, 0.25) is 0 Å². The van der Waals surface area contributed by atoms with E-state index in [-0.39, 0.29) is 24.0 Å². The van der Waals surface area contributed by atoms with E-state index in [0.29, 0.717) is 12.1 Å². The summed E-state index contributed by atoms with van der Waals surface area (Å²) in [5.74, 6) is 0.937. The van der Waals surface area contributed by atoms with Crippen LogP contribution >= 0.6 is 24.0 Å². The summed E-state index contributed by atoms with van der Waals surface area (Å²) < 4.78 is 0. The second kappa shape index (κ2) is 9.80. The van der Waals surface area contributed by atoms with Crippen LogP contribution in [-0.2, 0) is 0 Å². The number of hydrogen-bond acceptors (Lipinski definition) is 2. The molecule has 0 aromatic heterocycles. The molecule has 0 unspecified atom stereocenters. The van der Waals surface area contributed by atoms with Crippen molar-refractivity contribution < 1.29 is 0 Å². The van der Waals surface area contributed by atoms with E-state index in [4.69, 9.17) is 0 Å². The molecule has 0 saturated heterocycles. The molecule has 0 aliphatic heterocycles. The summed E-state index contributed by atoms with van der Waals surface area (Å²) in [6.07, 6.45) is 2.73. The quantitative estimate of drug-likeness (QED) is 0.404. The zero-order valence-electron chi connectivity index (χ0n) is 13.1. The van der Waals surface area contributed by atoms with E-state index in [1.165, 1.54) is 12.8 Å². The molecule has 1 rings (SSSR count). The van der Waals surface area contributed by atoms with Crippen molar-refractivity contribution in [3.05, 3.63) is 0 Å². The summed E-state index contributed by atoms with van der Waals surface area (Å²) >= 11 is 0.